The summed E-state index contributed by atoms with van der Waals surface area (Å²) >= 11 is 0. The molecule has 0 saturated heterocycles. The van der Waals surface area contributed by atoms with E-state index in [0.29, 0.717) is 0 Å². The van der Waals surface area contributed by atoms with Crippen LogP contribution in [0.25, 0.3) is 32.8 Å². The average Bonchev–Trinajstić information content (AvgIpc) is 3.22. The lowest BCUT2D eigenvalue weighted by Crippen LogP contribution is -2.19. The normalized spacial score (nSPS) is 14.0. The van der Waals surface area contributed by atoms with Crippen LogP contribution in [0.5, 0.6) is 23.0 Å². The molecule has 0 amide bonds. The third-order valence-electron chi connectivity index (χ3n) is 12.4. The maximum absolute atomic E-state index is 6.76. The Morgan fingerprint density at radius 3 is 0.903 bits per heavy atom. The highest BCUT2D eigenvalue weighted by atomic mass is 16.5. The van der Waals surface area contributed by atoms with Crippen LogP contribution in [0.15, 0.2) is 110 Å². The van der Waals surface area contributed by atoms with Crippen molar-refractivity contribution in [1.29, 1.82) is 0 Å². The van der Waals surface area contributed by atoms with Gasteiger partial charge in [0.1, 0.15) is 0 Å². The molecule has 0 aliphatic carbocycles. The number of fused-ring (bicyclic) bond motifs is 10. The first-order valence-corrected chi connectivity index (χ1v) is 21.6. The fourth-order valence-electron chi connectivity index (χ4n) is 8.66. The van der Waals surface area contributed by atoms with E-state index >= 15 is 0 Å². The van der Waals surface area contributed by atoms with Gasteiger partial charge < -0.3 is 19.3 Å². The highest BCUT2D eigenvalue weighted by molar-refractivity contribution is 6.21. The Hall–Kier alpha value is -6.54. The summed E-state index contributed by atoms with van der Waals surface area (Å²) < 4.78 is 13.5. The van der Waals surface area contributed by atoms with Crippen molar-refractivity contribution in [2.75, 3.05) is 9.80 Å². The molecule has 8 nitrogen and oxygen atoms in total. The number of hydrogen-bond donors (Lipinski definition) is 0. The Labute approximate surface area is 364 Å². The third kappa shape index (κ3) is 6.50. The SMILES string of the molecule is CC(C)(C)c1ccc2c(c1)Oc1cc(C(C)(C)C)ccc1N2c1cnc2c(c1)c1nccnc1c1cc(N3c4ccc(C(C)(C)C)cc4Oc4cc(C(C)(C)C)ccc43)cnc12. The van der Waals surface area contributed by atoms with Gasteiger partial charge in [0.2, 0.25) is 0 Å². The summed E-state index contributed by atoms with van der Waals surface area (Å²) in [7, 11) is 0. The van der Waals surface area contributed by atoms with E-state index in [4.69, 9.17) is 29.4 Å². The van der Waals surface area contributed by atoms with Crippen molar-refractivity contribution in [2.45, 2.75) is 105 Å². The molecule has 8 heteroatoms. The van der Waals surface area contributed by atoms with Gasteiger partial charge in [0, 0.05) is 23.2 Å². The van der Waals surface area contributed by atoms with E-state index in [-0.39, 0.29) is 21.7 Å². The first-order valence-electron chi connectivity index (χ1n) is 21.6. The molecule has 5 heterocycles. The van der Waals surface area contributed by atoms with E-state index in [9.17, 15) is 0 Å². The van der Waals surface area contributed by atoms with Crippen LogP contribution >= 0.6 is 0 Å². The molecule has 2 aliphatic heterocycles. The fourth-order valence-corrected chi connectivity index (χ4v) is 8.66. The zero-order valence-electron chi connectivity index (χ0n) is 37.9. The van der Waals surface area contributed by atoms with Gasteiger partial charge in [0.05, 0.1) is 68.6 Å². The molecule has 10 rings (SSSR count). The number of ether oxygens (including phenoxy) is 2. The Morgan fingerprint density at radius 1 is 0.355 bits per heavy atom. The van der Waals surface area contributed by atoms with E-state index in [1.165, 1.54) is 22.3 Å². The van der Waals surface area contributed by atoms with Crippen molar-refractivity contribution in [3.63, 3.8) is 0 Å². The summed E-state index contributed by atoms with van der Waals surface area (Å²) in [4.78, 5) is 24.9. The van der Waals surface area contributed by atoms with E-state index in [1.54, 1.807) is 12.4 Å². The van der Waals surface area contributed by atoms with Crippen molar-refractivity contribution in [2.24, 2.45) is 0 Å². The lowest BCUT2D eigenvalue weighted by Gasteiger charge is -2.35. The molecule has 312 valence electrons. The van der Waals surface area contributed by atoms with Gasteiger partial charge in [-0.3, -0.25) is 19.9 Å². The van der Waals surface area contributed by atoms with E-state index < -0.39 is 0 Å². The standard InChI is InChI=1S/C54H54N6O2/c1-51(2,3)31-13-17-39-43(23-31)61-44-24-32(52(4,5)6)14-18-40(44)59(39)35-27-37-47-48(56-22-21-55-47)38-28-36(30-58-50(38)49(37)57-29-35)60-41-19-15-33(53(7,8)9)25-45(41)62-46-26-34(54(10,11)12)16-20-42(46)60/h13-30H,1-12H3. The van der Waals surface area contributed by atoms with Crippen molar-refractivity contribution < 1.29 is 9.47 Å². The van der Waals surface area contributed by atoms with Crippen LogP contribution < -0.4 is 19.3 Å². The first kappa shape index (κ1) is 39.6. The van der Waals surface area contributed by atoms with Gasteiger partial charge in [0.25, 0.3) is 0 Å². The smallest absolute Gasteiger partial charge is 0.151 e. The Balaban J connectivity index is 1.16. The number of anilines is 6. The van der Waals surface area contributed by atoms with Crippen LogP contribution in [0.4, 0.5) is 34.1 Å². The monoisotopic (exact) mass is 818 g/mol. The van der Waals surface area contributed by atoms with E-state index in [1.807, 2.05) is 12.4 Å². The van der Waals surface area contributed by atoms with Gasteiger partial charge in [-0.05, 0) is 105 Å². The predicted octanol–water partition coefficient (Wildman–Crippen LogP) is 15.1. The molecule has 8 aromatic rings. The molecule has 0 atom stereocenters. The molecule has 0 unspecified atom stereocenters. The molecule has 0 spiro atoms. The zero-order valence-corrected chi connectivity index (χ0v) is 37.9. The lowest BCUT2D eigenvalue weighted by molar-refractivity contribution is 0.469. The molecule has 5 aromatic carbocycles. The quantitative estimate of drug-likeness (QED) is 0.160. The number of rotatable bonds is 2. The maximum Gasteiger partial charge on any atom is 0.151 e. The molecular formula is C54H54N6O2. The second kappa shape index (κ2) is 13.5. The van der Waals surface area contributed by atoms with Gasteiger partial charge in [-0.25, -0.2) is 0 Å². The molecule has 0 saturated carbocycles. The first-order chi connectivity index (χ1) is 29.2. The summed E-state index contributed by atoms with van der Waals surface area (Å²) in [6.07, 6.45) is 7.41. The lowest BCUT2D eigenvalue weighted by atomic mass is 9.86. The molecule has 2 aliphatic rings. The summed E-state index contributed by atoms with van der Waals surface area (Å²) in [5.74, 6) is 3.24. The van der Waals surface area contributed by atoms with Crippen LogP contribution in [0.1, 0.15) is 105 Å². The second-order valence-corrected chi connectivity index (χ2v) is 21.0. The van der Waals surface area contributed by atoms with E-state index in [2.05, 4.69) is 178 Å². The minimum atomic E-state index is -0.0487. The number of aromatic nitrogens is 4. The number of pyridine rings is 2. The van der Waals surface area contributed by atoms with Gasteiger partial charge in [-0.2, -0.15) is 0 Å². The van der Waals surface area contributed by atoms with Gasteiger partial charge in [-0.1, -0.05) is 107 Å². The molecule has 62 heavy (non-hydrogen) atoms. The van der Waals surface area contributed by atoms with Gasteiger partial charge >= 0.3 is 0 Å². The van der Waals surface area contributed by atoms with Crippen molar-refractivity contribution in [3.05, 3.63) is 132 Å². The molecule has 0 radical (unpaired) electrons. The van der Waals surface area contributed by atoms with E-state index in [0.717, 1.165) is 90.0 Å². The largest absolute Gasteiger partial charge is 0.453 e. The van der Waals surface area contributed by atoms with Crippen LogP contribution in [-0.4, -0.2) is 19.9 Å². The second-order valence-electron chi connectivity index (χ2n) is 21.0. The summed E-state index contributed by atoms with van der Waals surface area (Å²) in [6.45, 7) is 26.7. The van der Waals surface area contributed by atoms with Gasteiger partial charge in [0.15, 0.2) is 23.0 Å². The average molecular weight is 819 g/mol. The van der Waals surface area contributed by atoms with Crippen molar-refractivity contribution in [3.8, 4) is 23.0 Å². The van der Waals surface area contributed by atoms with Crippen molar-refractivity contribution >= 4 is 67.0 Å². The van der Waals surface area contributed by atoms with Crippen LogP contribution in [-0.2, 0) is 21.7 Å². The molecule has 3 aromatic heterocycles. The van der Waals surface area contributed by atoms with Crippen LogP contribution in [0.3, 0.4) is 0 Å². The minimum absolute atomic E-state index is 0.0487. The molecule has 0 bridgehead atoms. The predicted molar refractivity (Wildman–Crippen MR) is 254 cm³/mol. The molecular weight excluding hydrogens is 765 g/mol. The highest BCUT2D eigenvalue weighted by Crippen LogP contribution is 2.55. The Morgan fingerprint density at radius 2 is 0.629 bits per heavy atom. The molecule has 0 fully saturated rings. The molecule has 0 N–H and O–H groups in total. The number of benzene rings is 5. The minimum Gasteiger partial charge on any atom is -0.453 e. The Kier molecular flexibility index (Phi) is 8.61. The summed E-state index contributed by atoms with van der Waals surface area (Å²) in [5, 5.41) is 1.74. The van der Waals surface area contributed by atoms with Crippen LogP contribution in [0, 0.1) is 0 Å². The fraction of sp³-hybridized carbons (Fsp3) is 0.296. The van der Waals surface area contributed by atoms with Crippen LogP contribution in [0.2, 0.25) is 0 Å². The van der Waals surface area contributed by atoms with Gasteiger partial charge in [-0.15, -0.1) is 0 Å². The third-order valence-corrected chi connectivity index (χ3v) is 12.4. The summed E-state index contributed by atoms with van der Waals surface area (Å²) in [5.41, 5.74) is 13.2. The summed E-state index contributed by atoms with van der Waals surface area (Å²) in [6, 6.07) is 30.5. The van der Waals surface area contributed by atoms with Crippen molar-refractivity contribution in [1.82, 2.24) is 19.9 Å². The zero-order chi connectivity index (χ0) is 43.7. The number of hydrogen-bond acceptors (Lipinski definition) is 8. The topological polar surface area (TPSA) is 76.5 Å². The maximum atomic E-state index is 6.76. The highest BCUT2D eigenvalue weighted by Gasteiger charge is 2.32. The number of nitrogens with zero attached hydrogens (tertiary/aromatic N) is 6. The Bertz CT molecular complexity index is 2790.